The van der Waals surface area contributed by atoms with E-state index in [1.54, 1.807) is 6.07 Å². The van der Waals surface area contributed by atoms with E-state index in [0.29, 0.717) is 0 Å². The van der Waals surface area contributed by atoms with Gasteiger partial charge >= 0.3 is 0 Å². The van der Waals surface area contributed by atoms with Crippen LogP contribution in [0, 0.1) is 0 Å². The molecule has 3 N–H and O–H groups in total. The summed E-state index contributed by atoms with van der Waals surface area (Å²) in [7, 11) is -3.89. The number of nitrogens with one attached hydrogen (secondary N) is 1. The second-order valence-electron chi connectivity index (χ2n) is 3.04. The Morgan fingerprint density at radius 1 is 1.44 bits per heavy atom. The van der Waals surface area contributed by atoms with Crippen LogP contribution >= 0.6 is 0 Å². The van der Waals surface area contributed by atoms with Crippen LogP contribution in [0.25, 0.3) is 0 Å². The molecule has 0 saturated carbocycles. The average Bonchev–Trinajstić information content (AvgIpc) is 2.24. The Hall–Kier alpha value is -1.66. The minimum absolute atomic E-state index is 0.0341. The second kappa shape index (κ2) is 4.91. The number of carbonyl (C=O) groups is 1. The highest BCUT2D eigenvalue weighted by Crippen LogP contribution is 2.13. The summed E-state index contributed by atoms with van der Waals surface area (Å²) in [6.07, 6.45) is 1.50. The first kappa shape index (κ1) is 12.4. The van der Waals surface area contributed by atoms with E-state index in [1.807, 2.05) is 0 Å². The van der Waals surface area contributed by atoms with Crippen LogP contribution in [-0.2, 0) is 10.0 Å². The highest BCUT2D eigenvalue weighted by Gasteiger charge is 2.17. The van der Waals surface area contributed by atoms with E-state index in [-0.39, 0.29) is 17.0 Å². The molecule has 0 heterocycles. The lowest BCUT2D eigenvalue weighted by molar-refractivity contribution is 0.0954. The van der Waals surface area contributed by atoms with Crippen molar-refractivity contribution in [1.29, 1.82) is 0 Å². The number of primary sulfonamides is 1. The van der Waals surface area contributed by atoms with E-state index in [0.717, 1.165) is 0 Å². The predicted molar refractivity (Wildman–Crippen MR) is 60.3 cm³/mol. The van der Waals surface area contributed by atoms with Crippen molar-refractivity contribution in [1.82, 2.24) is 5.32 Å². The summed E-state index contributed by atoms with van der Waals surface area (Å²) < 4.78 is 22.4. The van der Waals surface area contributed by atoms with Gasteiger partial charge in [0.15, 0.2) is 0 Å². The molecule has 16 heavy (non-hydrogen) atoms. The van der Waals surface area contributed by atoms with Crippen molar-refractivity contribution in [2.45, 2.75) is 4.90 Å². The molecular formula is C10H12N2O3S. The smallest absolute Gasteiger partial charge is 0.252 e. The van der Waals surface area contributed by atoms with Gasteiger partial charge < -0.3 is 5.32 Å². The van der Waals surface area contributed by atoms with Crippen molar-refractivity contribution >= 4 is 15.9 Å². The molecule has 0 spiro atoms. The Balaban J connectivity index is 3.14. The van der Waals surface area contributed by atoms with Crippen molar-refractivity contribution in [3.05, 3.63) is 42.5 Å². The number of sulfonamides is 1. The van der Waals surface area contributed by atoms with Gasteiger partial charge in [0, 0.05) is 6.54 Å². The molecule has 0 bridgehead atoms. The second-order valence-corrected chi connectivity index (χ2v) is 4.57. The van der Waals surface area contributed by atoms with Crippen LogP contribution in [0.4, 0.5) is 0 Å². The predicted octanol–water partition coefficient (Wildman–Crippen LogP) is 0.250. The van der Waals surface area contributed by atoms with Gasteiger partial charge in [0.2, 0.25) is 10.0 Å². The summed E-state index contributed by atoms with van der Waals surface area (Å²) in [6.45, 7) is 3.70. The lowest BCUT2D eigenvalue weighted by Crippen LogP contribution is -2.26. The first-order valence-corrected chi connectivity index (χ1v) is 6.02. The van der Waals surface area contributed by atoms with E-state index >= 15 is 0 Å². The SMILES string of the molecule is C=CCNC(=O)c1ccccc1S(N)(=O)=O. The third kappa shape index (κ3) is 2.91. The van der Waals surface area contributed by atoms with Crippen LogP contribution in [0.2, 0.25) is 0 Å². The molecule has 0 radical (unpaired) electrons. The van der Waals surface area contributed by atoms with Gasteiger partial charge in [0.05, 0.1) is 10.5 Å². The van der Waals surface area contributed by atoms with Crippen molar-refractivity contribution in [2.24, 2.45) is 5.14 Å². The number of hydrogen-bond donors (Lipinski definition) is 2. The molecule has 86 valence electrons. The molecule has 0 fully saturated rings. The summed E-state index contributed by atoms with van der Waals surface area (Å²) in [5.41, 5.74) is 0.0341. The lowest BCUT2D eigenvalue weighted by Gasteiger charge is -2.06. The van der Waals surface area contributed by atoms with E-state index in [1.165, 1.54) is 24.3 Å². The lowest BCUT2D eigenvalue weighted by atomic mass is 10.2. The fourth-order valence-electron chi connectivity index (χ4n) is 1.16. The minimum Gasteiger partial charge on any atom is -0.349 e. The number of carbonyl (C=O) groups excluding carboxylic acids is 1. The number of nitrogens with two attached hydrogens (primary N) is 1. The van der Waals surface area contributed by atoms with E-state index in [9.17, 15) is 13.2 Å². The quantitative estimate of drug-likeness (QED) is 0.739. The molecule has 1 amide bonds. The van der Waals surface area contributed by atoms with Gasteiger partial charge in [0.1, 0.15) is 0 Å². The molecule has 0 aliphatic rings. The van der Waals surface area contributed by atoms with Gasteiger partial charge in [-0.1, -0.05) is 18.2 Å². The van der Waals surface area contributed by atoms with Gasteiger partial charge in [-0.3, -0.25) is 4.79 Å². The summed E-state index contributed by atoms with van der Waals surface area (Å²) in [6, 6.07) is 5.76. The number of amides is 1. The Morgan fingerprint density at radius 2 is 2.06 bits per heavy atom. The minimum atomic E-state index is -3.89. The van der Waals surface area contributed by atoms with Crippen LogP contribution in [0.5, 0.6) is 0 Å². The first-order chi connectivity index (χ1) is 7.46. The molecule has 0 aromatic heterocycles. The maximum Gasteiger partial charge on any atom is 0.252 e. The van der Waals surface area contributed by atoms with Crippen molar-refractivity contribution < 1.29 is 13.2 Å². The van der Waals surface area contributed by atoms with Crippen molar-refractivity contribution in [2.75, 3.05) is 6.54 Å². The van der Waals surface area contributed by atoms with Crippen LogP contribution < -0.4 is 10.5 Å². The largest absolute Gasteiger partial charge is 0.349 e. The number of rotatable bonds is 4. The van der Waals surface area contributed by atoms with Crippen LogP contribution in [-0.4, -0.2) is 20.9 Å². The fraction of sp³-hybridized carbons (Fsp3) is 0.100. The van der Waals surface area contributed by atoms with Crippen LogP contribution in [0.15, 0.2) is 41.8 Å². The standard InChI is InChI=1S/C10H12N2O3S/c1-2-7-12-10(13)8-5-3-4-6-9(8)16(11,14)15/h2-6H,1,7H2,(H,12,13)(H2,11,14,15). The molecule has 1 aromatic rings. The van der Waals surface area contributed by atoms with E-state index in [2.05, 4.69) is 11.9 Å². The zero-order chi connectivity index (χ0) is 12.2. The molecule has 0 aliphatic heterocycles. The Kier molecular flexibility index (Phi) is 3.81. The maximum absolute atomic E-state index is 11.6. The molecule has 0 aliphatic carbocycles. The molecule has 5 nitrogen and oxygen atoms in total. The van der Waals surface area contributed by atoms with E-state index < -0.39 is 15.9 Å². The van der Waals surface area contributed by atoms with Crippen LogP contribution in [0.3, 0.4) is 0 Å². The van der Waals surface area contributed by atoms with Gasteiger partial charge in [-0.05, 0) is 12.1 Å². The summed E-state index contributed by atoms with van der Waals surface area (Å²) in [4.78, 5) is 11.4. The summed E-state index contributed by atoms with van der Waals surface area (Å²) >= 11 is 0. The molecular weight excluding hydrogens is 228 g/mol. The topological polar surface area (TPSA) is 89.3 Å². The zero-order valence-electron chi connectivity index (χ0n) is 8.51. The molecule has 0 unspecified atom stereocenters. The fourth-order valence-corrected chi connectivity index (χ4v) is 1.90. The van der Waals surface area contributed by atoms with Crippen molar-refractivity contribution in [3.8, 4) is 0 Å². The molecule has 0 saturated heterocycles. The highest BCUT2D eigenvalue weighted by atomic mass is 32.2. The molecule has 6 heteroatoms. The Labute approximate surface area is 94.0 Å². The molecule has 1 rings (SSSR count). The van der Waals surface area contributed by atoms with E-state index in [4.69, 9.17) is 5.14 Å². The normalized spacial score (nSPS) is 10.8. The van der Waals surface area contributed by atoms with Gasteiger partial charge in [0.25, 0.3) is 5.91 Å². The summed E-state index contributed by atoms with van der Waals surface area (Å²) in [5, 5.41) is 7.48. The average molecular weight is 240 g/mol. The Bertz CT molecular complexity index is 509. The monoisotopic (exact) mass is 240 g/mol. The Morgan fingerprint density at radius 3 is 2.62 bits per heavy atom. The van der Waals surface area contributed by atoms with Crippen molar-refractivity contribution in [3.63, 3.8) is 0 Å². The first-order valence-electron chi connectivity index (χ1n) is 4.47. The highest BCUT2D eigenvalue weighted by molar-refractivity contribution is 7.89. The number of benzene rings is 1. The van der Waals surface area contributed by atoms with Crippen LogP contribution in [0.1, 0.15) is 10.4 Å². The van der Waals surface area contributed by atoms with Gasteiger partial charge in [-0.2, -0.15) is 0 Å². The number of hydrogen-bond acceptors (Lipinski definition) is 3. The maximum atomic E-state index is 11.6. The third-order valence-electron chi connectivity index (χ3n) is 1.85. The van der Waals surface area contributed by atoms with Gasteiger partial charge in [-0.25, -0.2) is 13.6 Å². The molecule has 0 atom stereocenters. The summed E-state index contributed by atoms with van der Waals surface area (Å²) in [5.74, 6) is -0.496. The molecule has 1 aromatic carbocycles. The van der Waals surface area contributed by atoms with Gasteiger partial charge in [-0.15, -0.1) is 6.58 Å². The zero-order valence-corrected chi connectivity index (χ0v) is 9.33. The third-order valence-corrected chi connectivity index (χ3v) is 2.81.